The molecule has 0 aliphatic rings. The van der Waals surface area contributed by atoms with Gasteiger partial charge in [-0.2, -0.15) is 5.10 Å². The van der Waals surface area contributed by atoms with Crippen molar-refractivity contribution in [2.24, 2.45) is 0 Å². The SMILES string of the molecule is Cc1cccn2c(NC(=O)C(C)n3cccn3)c(-c3ccccc3)nc12. The van der Waals surface area contributed by atoms with E-state index >= 15 is 0 Å². The zero-order valence-electron chi connectivity index (χ0n) is 14.6. The van der Waals surface area contributed by atoms with E-state index in [2.05, 4.69) is 10.4 Å². The van der Waals surface area contributed by atoms with Gasteiger partial charge in [-0.25, -0.2) is 4.98 Å². The van der Waals surface area contributed by atoms with Crippen molar-refractivity contribution >= 4 is 17.4 Å². The lowest BCUT2D eigenvalue weighted by atomic mass is 10.1. The van der Waals surface area contributed by atoms with E-state index in [9.17, 15) is 4.79 Å². The maximum Gasteiger partial charge on any atom is 0.250 e. The number of rotatable bonds is 4. The fraction of sp³-hybridized carbons (Fsp3) is 0.150. The second-order valence-electron chi connectivity index (χ2n) is 6.21. The molecule has 6 heteroatoms. The third kappa shape index (κ3) is 2.75. The normalized spacial score (nSPS) is 12.2. The van der Waals surface area contributed by atoms with Crippen molar-refractivity contribution in [3.63, 3.8) is 0 Å². The smallest absolute Gasteiger partial charge is 0.250 e. The highest BCUT2D eigenvalue weighted by atomic mass is 16.2. The summed E-state index contributed by atoms with van der Waals surface area (Å²) in [5.74, 6) is 0.521. The summed E-state index contributed by atoms with van der Waals surface area (Å²) in [5, 5.41) is 7.20. The Kier molecular flexibility index (Phi) is 4.01. The predicted molar refractivity (Wildman–Crippen MR) is 101 cm³/mol. The lowest BCUT2D eigenvalue weighted by Gasteiger charge is -2.13. The molecule has 0 aliphatic carbocycles. The van der Waals surface area contributed by atoms with Gasteiger partial charge in [0, 0.05) is 24.2 Å². The molecular weight excluding hydrogens is 326 g/mol. The van der Waals surface area contributed by atoms with Crippen molar-refractivity contribution in [1.82, 2.24) is 19.2 Å². The first kappa shape index (κ1) is 16.1. The molecule has 1 unspecified atom stereocenters. The van der Waals surface area contributed by atoms with Crippen LogP contribution in [0.5, 0.6) is 0 Å². The molecular formula is C20H19N5O. The summed E-state index contributed by atoms with van der Waals surface area (Å²) >= 11 is 0. The molecule has 3 heterocycles. The number of carbonyl (C=O) groups excluding carboxylic acids is 1. The zero-order chi connectivity index (χ0) is 18.1. The predicted octanol–water partition coefficient (Wildman–Crippen LogP) is 3.71. The number of nitrogens with zero attached hydrogens (tertiary/aromatic N) is 4. The summed E-state index contributed by atoms with van der Waals surface area (Å²) < 4.78 is 3.55. The highest BCUT2D eigenvalue weighted by Crippen LogP contribution is 2.30. The minimum absolute atomic E-state index is 0.144. The number of aromatic nitrogens is 4. The van der Waals surface area contributed by atoms with Crippen molar-refractivity contribution in [2.45, 2.75) is 19.9 Å². The lowest BCUT2D eigenvalue weighted by Crippen LogP contribution is -2.24. The standard InChI is InChI=1S/C20H19N5O/c1-14-8-6-12-24-18(14)22-17(16-9-4-3-5-10-16)19(24)23-20(26)15(2)25-13-7-11-21-25/h3-13,15H,1-2H3,(H,23,26). The van der Waals surface area contributed by atoms with Gasteiger partial charge < -0.3 is 5.32 Å². The van der Waals surface area contributed by atoms with E-state index in [-0.39, 0.29) is 5.91 Å². The second-order valence-corrected chi connectivity index (χ2v) is 6.21. The Labute approximate surface area is 151 Å². The Hall–Kier alpha value is -3.41. The molecule has 6 nitrogen and oxygen atoms in total. The quantitative estimate of drug-likeness (QED) is 0.613. The minimum atomic E-state index is -0.427. The fourth-order valence-electron chi connectivity index (χ4n) is 2.97. The van der Waals surface area contributed by atoms with Gasteiger partial charge >= 0.3 is 0 Å². The molecule has 0 aliphatic heterocycles. The van der Waals surface area contributed by atoms with Crippen LogP contribution in [-0.2, 0) is 4.79 Å². The Morgan fingerprint density at radius 2 is 1.88 bits per heavy atom. The number of pyridine rings is 1. The summed E-state index contributed by atoms with van der Waals surface area (Å²) in [4.78, 5) is 17.6. The number of hydrogen-bond acceptors (Lipinski definition) is 3. The van der Waals surface area contributed by atoms with E-state index in [4.69, 9.17) is 4.98 Å². The average Bonchev–Trinajstić information content (AvgIpc) is 3.31. The van der Waals surface area contributed by atoms with Crippen LogP contribution in [-0.4, -0.2) is 25.1 Å². The van der Waals surface area contributed by atoms with E-state index in [0.29, 0.717) is 5.82 Å². The van der Waals surface area contributed by atoms with Crippen molar-refractivity contribution in [3.05, 3.63) is 72.7 Å². The maximum atomic E-state index is 12.8. The molecule has 1 N–H and O–H groups in total. The molecule has 0 fully saturated rings. The van der Waals surface area contributed by atoms with Crippen molar-refractivity contribution in [1.29, 1.82) is 0 Å². The topological polar surface area (TPSA) is 64.2 Å². The van der Waals surface area contributed by atoms with Gasteiger partial charge in [-0.15, -0.1) is 0 Å². The Morgan fingerprint density at radius 3 is 2.62 bits per heavy atom. The number of benzene rings is 1. The molecule has 4 rings (SSSR count). The Bertz CT molecular complexity index is 1050. The lowest BCUT2D eigenvalue weighted by molar-refractivity contribution is -0.119. The van der Waals surface area contributed by atoms with Crippen LogP contribution in [0.15, 0.2) is 67.1 Å². The molecule has 0 bridgehead atoms. The summed E-state index contributed by atoms with van der Waals surface area (Å²) in [5.41, 5.74) is 3.58. The van der Waals surface area contributed by atoms with Crippen LogP contribution in [0.1, 0.15) is 18.5 Å². The van der Waals surface area contributed by atoms with Gasteiger partial charge in [0.15, 0.2) is 0 Å². The molecule has 0 saturated carbocycles. The van der Waals surface area contributed by atoms with Gasteiger partial charge in [-0.1, -0.05) is 36.4 Å². The van der Waals surface area contributed by atoms with Crippen LogP contribution in [0, 0.1) is 6.92 Å². The van der Waals surface area contributed by atoms with Crippen LogP contribution < -0.4 is 5.32 Å². The van der Waals surface area contributed by atoms with Gasteiger partial charge in [0.25, 0.3) is 0 Å². The van der Waals surface area contributed by atoms with Crippen molar-refractivity contribution in [2.75, 3.05) is 5.32 Å². The molecule has 130 valence electrons. The van der Waals surface area contributed by atoms with E-state index in [0.717, 1.165) is 22.5 Å². The third-order valence-corrected chi connectivity index (χ3v) is 4.44. The van der Waals surface area contributed by atoms with Gasteiger partial charge in [0.05, 0.1) is 0 Å². The highest BCUT2D eigenvalue weighted by Gasteiger charge is 2.21. The third-order valence-electron chi connectivity index (χ3n) is 4.44. The second kappa shape index (κ2) is 6.48. The number of nitrogens with one attached hydrogen (secondary N) is 1. The Balaban J connectivity index is 1.80. The first-order valence-electron chi connectivity index (χ1n) is 8.48. The first-order chi connectivity index (χ1) is 12.6. The summed E-state index contributed by atoms with van der Waals surface area (Å²) in [6, 6.07) is 15.2. The van der Waals surface area contributed by atoms with Gasteiger partial charge in [-0.3, -0.25) is 13.9 Å². The largest absolute Gasteiger partial charge is 0.308 e. The average molecular weight is 345 g/mol. The number of carbonyl (C=O) groups is 1. The van der Waals surface area contributed by atoms with E-state index in [1.54, 1.807) is 23.1 Å². The Morgan fingerprint density at radius 1 is 1.08 bits per heavy atom. The van der Waals surface area contributed by atoms with Crippen molar-refractivity contribution in [3.8, 4) is 11.3 Å². The van der Waals surface area contributed by atoms with Crippen LogP contribution in [0.4, 0.5) is 5.82 Å². The number of hydrogen-bond donors (Lipinski definition) is 1. The number of amides is 1. The number of aryl methyl sites for hydroxylation is 1. The number of imidazole rings is 1. The summed E-state index contributed by atoms with van der Waals surface area (Å²) in [6.45, 7) is 3.83. The molecule has 0 saturated heterocycles. The fourth-order valence-corrected chi connectivity index (χ4v) is 2.97. The van der Waals surface area contributed by atoms with E-state index in [1.165, 1.54) is 0 Å². The number of anilines is 1. The van der Waals surface area contributed by atoms with Gasteiger partial charge in [0.1, 0.15) is 23.2 Å². The van der Waals surface area contributed by atoms with Crippen molar-refractivity contribution < 1.29 is 4.79 Å². The van der Waals surface area contributed by atoms with Crippen LogP contribution in [0.25, 0.3) is 16.9 Å². The number of fused-ring (bicyclic) bond motifs is 1. The monoisotopic (exact) mass is 345 g/mol. The molecule has 3 aromatic heterocycles. The highest BCUT2D eigenvalue weighted by molar-refractivity contribution is 5.96. The van der Waals surface area contributed by atoms with E-state index < -0.39 is 6.04 Å². The zero-order valence-corrected chi connectivity index (χ0v) is 14.6. The molecule has 1 atom stereocenters. The molecule has 0 radical (unpaired) electrons. The van der Waals surface area contributed by atoms with E-state index in [1.807, 2.05) is 66.9 Å². The maximum absolute atomic E-state index is 12.8. The molecule has 26 heavy (non-hydrogen) atoms. The summed E-state index contributed by atoms with van der Waals surface area (Å²) in [7, 11) is 0. The minimum Gasteiger partial charge on any atom is -0.308 e. The van der Waals surface area contributed by atoms with Gasteiger partial charge in [-0.05, 0) is 31.5 Å². The summed E-state index contributed by atoms with van der Waals surface area (Å²) in [6.07, 6.45) is 5.35. The molecule has 4 aromatic rings. The van der Waals surface area contributed by atoms with Crippen LogP contribution in [0.2, 0.25) is 0 Å². The van der Waals surface area contributed by atoms with Crippen LogP contribution >= 0.6 is 0 Å². The molecule has 1 amide bonds. The van der Waals surface area contributed by atoms with Crippen LogP contribution in [0.3, 0.4) is 0 Å². The molecule has 0 spiro atoms. The first-order valence-corrected chi connectivity index (χ1v) is 8.48. The molecule has 1 aromatic carbocycles. The van der Waals surface area contributed by atoms with Gasteiger partial charge in [0.2, 0.25) is 5.91 Å².